The molecule has 0 spiro atoms. The molecule has 1 N–H and O–H groups in total. The van der Waals surface area contributed by atoms with Crippen molar-refractivity contribution in [3.8, 4) is 0 Å². The summed E-state index contributed by atoms with van der Waals surface area (Å²) in [6.07, 6.45) is 2.08. The standard InChI is InChI=1S/C15H14Cl2N2O2/c1-3-14(12-5-4-10(16)8-13(12)17)18-19-15(20)11-6-7-21-9(11)2/h4-8H,3H2,1-2H3,(H,19,20)/b18-14+. The first-order valence-corrected chi connectivity index (χ1v) is 7.15. The normalized spacial score (nSPS) is 11.5. The third-order valence-corrected chi connectivity index (χ3v) is 3.52. The molecule has 1 heterocycles. The summed E-state index contributed by atoms with van der Waals surface area (Å²) in [6, 6.07) is 6.75. The Labute approximate surface area is 132 Å². The minimum atomic E-state index is -0.322. The third kappa shape index (κ3) is 3.65. The number of nitrogens with one attached hydrogen (secondary N) is 1. The molecule has 0 atom stereocenters. The number of furan rings is 1. The van der Waals surface area contributed by atoms with E-state index >= 15 is 0 Å². The molecule has 1 amide bonds. The van der Waals surface area contributed by atoms with Crippen LogP contribution in [0.15, 0.2) is 40.0 Å². The molecule has 21 heavy (non-hydrogen) atoms. The highest BCUT2D eigenvalue weighted by atomic mass is 35.5. The van der Waals surface area contributed by atoms with E-state index in [0.717, 1.165) is 5.56 Å². The van der Waals surface area contributed by atoms with Gasteiger partial charge in [0.2, 0.25) is 0 Å². The lowest BCUT2D eigenvalue weighted by molar-refractivity contribution is 0.0953. The van der Waals surface area contributed by atoms with Gasteiger partial charge in [0.15, 0.2) is 0 Å². The lowest BCUT2D eigenvalue weighted by atomic mass is 10.1. The van der Waals surface area contributed by atoms with Gasteiger partial charge in [0, 0.05) is 10.6 Å². The van der Waals surface area contributed by atoms with Crippen molar-refractivity contribution in [2.45, 2.75) is 20.3 Å². The Hall–Kier alpha value is -1.78. The van der Waals surface area contributed by atoms with E-state index in [1.807, 2.05) is 6.92 Å². The molecule has 0 aliphatic rings. The van der Waals surface area contributed by atoms with Gasteiger partial charge in [-0.15, -0.1) is 0 Å². The minimum absolute atomic E-state index is 0.322. The van der Waals surface area contributed by atoms with E-state index in [2.05, 4.69) is 10.5 Å². The molecule has 0 aliphatic carbocycles. The molecule has 6 heteroatoms. The van der Waals surface area contributed by atoms with E-state index in [1.165, 1.54) is 6.26 Å². The van der Waals surface area contributed by atoms with Crippen LogP contribution in [0.25, 0.3) is 0 Å². The maximum Gasteiger partial charge on any atom is 0.274 e. The highest BCUT2D eigenvalue weighted by molar-refractivity contribution is 6.37. The van der Waals surface area contributed by atoms with Crippen LogP contribution >= 0.6 is 23.2 Å². The van der Waals surface area contributed by atoms with Crippen LogP contribution in [-0.2, 0) is 0 Å². The van der Waals surface area contributed by atoms with Crippen molar-refractivity contribution in [1.29, 1.82) is 0 Å². The molecular weight excluding hydrogens is 311 g/mol. The number of hydrogen-bond donors (Lipinski definition) is 1. The molecule has 1 aromatic carbocycles. The number of carbonyl (C=O) groups is 1. The maximum atomic E-state index is 12.0. The fraction of sp³-hybridized carbons (Fsp3) is 0.200. The zero-order valence-corrected chi connectivity index (χ0v) is 13.1. The summed E-state index contributed by atoms with van der Waals surface area (Å²) in [7, 11) is 0. The number of amides is 1. The summed E-state index contributed by atoms with van der Waals surface area (Å²) >= 11 is 12.0. The van der Waals surface area contributed by atoms with Crippen LogP contribution in [0, 0.1) is 6.92 Å². The van der Waals surface area contributed by atoms with Crippen molar-refractivity contribution in [1.82, 2.24) is 5.43 Å². The lowest BCUT2D eigenvalue weighted by Crippen LogP contribution is -2.20. The van der Waals surface area contributed by atoms with E-state index in [1.54, 1.807) is 31.2 Å². The molecule has 110 valence electrons. The summed E-state index contributed by atoms with van der Waals surface area (Å²) in [6.45, 7) is 3.65. The first-order valence-electron chi connectivity index (χ1n) is 6.39. The summed E-state index contributed by atoms with van der Waals surface area (Å²) in [5.74, 6) is 0.225. The van der Waals surface area contributed by atoms with Gasteiger partial charge in [0.05, 0.1) is 22.6 Å². The van der Waals surface area contributed by atoms with Crippen molar-refractivity contribution < 1.29 is 9.21 Å². The molecule has 1 aromatic heterocycles. The Morgan fingerprint density at radius 3 is 2.62 bits per heavy atom. The first-order chi connectivity index (χ1) is 10.0. The average Bonchev–Trinajstić information content (AvgIpc) is 2.87. The van der Waals surface area contributed by atoms with Crippen LogP contribution in [0.1, 0.15) is 35.0 Å². The average molecular weight is 325 g/mol. The maximum absolute atomic E-state index is 12.0. The fourth-order valence-electron chi connectivity index (χ4n) is 1.85. The third-order valence-electron chi connectivity index (χ3n) is 2.97. The van der Waals surface area contributed by atoms with Gasteiger partial charge in [-0.3, -0.25) is 4.79 Å². The molecular formula is C15H14Cl2N2O2. The van der Waals surface area contributed by atoms with Crippen LogP contribution in [0.5, 0.6) is 0 Å². The van der Waals surface area contributed by atoms with Gasteiger partial charge in [-0.2, -0.15) is 5.10 Å². The summed E-state index contributed by atoms with van der Waals surface area (Å²) in [5.41, 5.74) is 4.39. The van der Waals surface area contributed by atoms with Gasteiger partial charge in [-0.05, 0) is 31.5 Å². The number of aryl methyl sites for hydroxylation is 1. The second kappa shape index (κ2) is 6.78. The van der Waals surface area contributed by atoms with Crippen LogP contribution in [0.2, 0.25) is 10.0 Å². The van der Waals surface area contributed by atoms with E-state index in [4.69, 9.17) is 27.6 Å². The van der Waals surface area contributed by atoms with Gasteiger partial charge in [-0.1, -0.05) is 36.2 Å². The number of hydrazone groups is 1. The molecule has 0 saturated carbocycles. The largest absolute Gasteiger partial charge is 0.469 e. The van der Waals surface area contributed by atoms with Crippen LogP contribution < -0.4 is 5.43 Å². The predicted octanol–water partition coefficient (Wildman–Crippen LogP) is 4.44. The fourth-order valence-corrected chi connectivity index (χ4v) is 2.37. The van der Waals surface area contributed by atoms with Crippen molar-refractivity contribution in [3.63, 3.8) is 0 Å². The molecule has 0 radical (unpaired) electrons. The number of benzene rings is 1. The zero-order valence-electron chi connectivity index (χ0n) is 11.6. The molecule has 0 aliphatic heterocycles. The second-order valence-electron chi connectivity index (χ2n) is 4.37. The molecule has 2 rings (SSSR count). The lowest BCUT2D eigenvalue weighted by Gasteiger charge is -2.07. The number of nitrogens with zero attached hydrogens (tertiary/aromatic N) is 1. The number of hydrogen-bond acceptors (Lipinski definition) is 3. The highest BCUT2D eigenvalue weighted by Crippen LogP contribution is 2.22. The number of rotatable bonds is 4. The summed E-state index contributed by atoms with van der Waals surface area (Å²) < 4.78 is 5.09. The van der Waals surface area contributed by atoms with Gasteiger partial charge in [0.1, 0.15) is 5.76 Å². The van der Waals surface area contributed by atoms with Crippen molar-refractivity contribution >= 4 is 34.8 Å². The van der Waals surface area contributed by atoms with Crippen LogP contribution in [0.4, 0.5) is 0 Å². The minimum Gasteiger partial charge on any atom is -0.469 e. The monoisotopic (exact) mass is 324 g/mol. The van der Waals surface area contributed by atoms with Crippen molar-refractivity contribution in [2.24, 2.45) is 5.10 Å². The summed E-state index contributed by atoms with van der Waals surface area (Å²) in [4.78, 5) is 12.0. The Bertz CT molecular complexity index is 693. The first kappa shape index (κ1) is 15.6. The van der Waals surface area contributed by atoms with Gasteiger partial charge < -0.3 is 4.42 Å². The SMILES string of the molecule is CC/C(=N\NC(=O)c1ccoc1C)c1ccc(Cl)cc1Cl. The predicted molar refractivity (Wildman–Crippen MR) is 84.2 cm³/mol. The van der Waals surface area contributed by atoms with Gasteiger partial charge in [0.25, 0.3) is 5.91 Å². The second-order valence-corrected chi connectivity index (χ2v) is 5.21. The molecule has 0 unspecified atom stereocenters. The molecule has 0 bridgehead atoms. The van der Waals surface area contributed by atoms with E-state index in [-0.39, 0.29) is 5.91 Å². The van der Waals surface area contributed by atoms with Crippen molar-refractivity contribution in [2.75, 3.05) is 0 Å². The van der Waals surface area contributed by atoms with Crippen LogP contribution in [0.3, 0.4) is 0 Å². The molecule has 0 fully saturated rings. The number of halogens is 2. The smallest absolute Gasteiger partial charge is 0.274 e. The van der Waals surface area contributed by atoms with E-state index in [9.17, 15) is 4.79 Å². The molecule has 4 nitrogen and oxygen atoms in total. The Morgan fingerprint density at radius 1 is 1.29 bits per heavy atom. The Balaban J connectivity index is 2.21. The van der Waals surface area contributed by atoms with Crippen molar-refractivity contribution in [3.05, 3.63) is 57.5 Å². The van der Waals surface area contributed by atoms with E-state index in [0.29, 0.717) is 33.5 Å². The zero-order chi connectivity index (χ0) is 15.4. The Kier molecular flexibility index (Phi) is 5.04. The van der Waals surface area contributed by atoms with Gasteiger partial charge in [-0.25, -0.2) is 5.43 Å². The number of carbonyl (C=O) groups excluding carboxylic acids is 1. The Morgan fingerprint density at radius 2 is 2.05 bits per heavy atom. The quantitative estimate of drug-likeness (QED) is 0.667. The van der Waals surface area contributed by atoms with E-state index < -0.39 is 0 Å². The van der Waals surface area contributed by atoms with Crippen LogP contribution in [-0.4, -0.2) is 11.6 Å². The topological polar surface area (TPSA) is 54.6 Å². The molecule has 2 aromatic rings. The molecule has 0 saturated heterocycles. The highest BCUT2D eigenvalue weighted by Gasteiger charge is 2.12. The summed E-state index contributed by atoms with van der Waals surface area (Å²) in [5, 5.41) is 5.20. The van der Waals surface area contributed by atoms with Gasteiger partial charge >= 0.3 is 0 Å².